The fourth-order valence-corrected chi connectivity index (χ4v) is 1.67. The third-order valence-electron chi connectivity index (χ3n) is 2.90. The highest BCUT2D eigenvalue weighted by molar-refractivity contribution is 5.78. The molecule has 106 valence electrons. The van der Waals surface area contributed by atoms with Crippen LogP contribution in [0.5, 0.6) is 5.75 Å². The van der Waals surface area contributed by atoms with Crippen molar-refractivity contribution < 1.29 is 19.7 Å². The van der Waals surface area contributed by atoms with Crippen LogP contribution < -0.4 is 10.1 Å². The SMILES string of the molecule is Cc1cccc(C)c1OCC(=O)NC(C)(CO)CO. The molecule has 0 heterocycles. The van der Waals surface area contributed by atoms with E-state index in [1.165, 1.54) is 0 Å². The molecule has 0 atom stereocenters. The van der Waals surface area contributed by atoms with E-state index in [9.17, 15) is 4.79 Å². The van der Waals surface area contributed by atoms with Crippen molar-refractivity contribution in [1.82, 2.24) is 5.32 Å². The Morgan fingerprint density at radius 2 is 1.79 bits per heavy atom. The van der Waals surface area contributed by atoms with E-state index in [1.807, 2.05) is 32.0 Å². The fraction of sp³-hybridized carbons (Fsp3) is 0.500. The number of para-hydroxylation sites is 1. The zero-order valence-corrected chi connectivity index (χ0v) is 11.6. The Hall–Kier alpha value is -1.59. The highest BCUT2D eigenvalue weighted by Gasteiger charge is 2.24. The molecule has 0 spiro atoms. The Morgan fingerprint density at radius 3 is 2.26 bits per heavy atom. The van der Waals surface area contributed by atoms with Gasteiger partial charge in [0.05, 0.1) is 18.8 Å². The number of hydrogen-bond donors (Lipinski definition) is 3. The number of nitrogens with one attached hydrogen (secondary N) is 1. The number of hydrogen-bond acceptors (Lipinski definition) is 4. The van der Waals surface area contributed by atoms with E-state index in [1.54, 1.807) is 6.92 Å². The van der Waals surface area contributed by atoms with E-state index < -0.39 is 5.54 Å². The molecular weight excluding hydrogens is 246 g/mol. The van der Waals surface area contributed by atoms with E-state index in [-0.39, 0.29) is 25.7 Å². The highest BCUT2D eigenvalue weighted by atomic mass is 16.5. The largest absolute Gasteiger partial charge is 0.483 e. The topological polar surface area (TPSA) is 78.8 Å². The second-order valence-electron chi connectivity index (χ2n) is 4.93. The van der Waals surface area contributed by atoms with Gasteiger partial charge in [0.15, 0.2) is 6.61 Å². The maximum absolute atomic E-state index is 11.7. The number of aryl methyl sites for hydroxylation is 2. The van der Waals surface area contributed by atoms with Crippen LogP contribution >= 0.6 is 0 Å². The van der Waals surface area contributed by atoms with Crippen molar-refractivity contribution in [3.05, 3.63) is 29.3 Å². The summed E-state index contributed by atoms with van der Waals surface area (Å²) in [7, 11) is 0. The Morgan fingerprint density at radius 1 is 1.26 bits per heavy atom. The summed E-state index contributed by atoms with van der Waals surface area (Å²) in [4.78, 5) is 11.7. The van der Waals surface area contributed by atoms with Crippen molar-refractivity contribution in [2.75, 3.05) is 19.8 Å². The molecule has 1 aromatic rings. The van der Waals surface area contributed by atoms with Crippen LogP contribution in [0.15, 0.2) is 18.2 Å². The number of rotatable bonds is 6. The second-order valence-corrected chi connectivity index (χ2v) is 4.93. The summed E-state index contributed by atoms with van der Waals surface area (Å²) in [5.41, 5.74) is 0.890. The van der Waals surface area contributed by atoms with E-state index in [2.05, 4.69) is 5.32 Å². The van der Waals surface area contributed by atoms with Gasteiger partial charge in [-0.3, -0.25) is 4.79 Å². The van der Waals surface area contributed by atoms with Crippen molar-refractivity contribution in [2.45, 2.75) is 26.3 Å². The summed E-state index contributed by atoms with van der Waals surface area (Å²) in [5, 5.41) is 20.7. The van der Waals surface area contributed by atoms with Gasteiger partial charge in [0.25, 0.3) is 5.91 Å². The van der Waals surface area contributed by atoms with Gasteiger partial charge in [-0.25, -0.2) is 0 Å². The van der Waals surface area contributed by atoms with Crippen LogP contribution in [-0.2, 0) is 4.79 Å². The monoisotopic (exact) mass is 267 g/mol. The maximum atomic E-state index is 11.7. The number of aliphatic hydroxyl groups excluding tert-OH is 2. The van der Waals surface area contributed by atoms with Crippen LogP contribution in [0, 0.1) is 13.8 Å². The highest BCUT2D eigenvalue weighted by Crippen LogP contribution is 2.22. The number of carbonyl (C=O) groups excluding carboxylic acids is 1. The molecule has 1 amide bonds. The Labute approximate surface area is 113 Å². The number of amides is 1. The summed E-state index contributed by atoms with van der Waals surface area (Å²) in [5.74, 6) is 0.306. The minimum Gasteiger partial charge on any atom is -0.483 e. The molecule has 1 rings (SSSR count). The standard InChI is InChI=1S/C14H21NO4/c1-10-5-4-6-11(2)13(10)19-7-12(18)15-14(3,8-16)9-17/h4-6,16-17H,7-9H2,1-3H3,(H,15,18). The Balaban J connectivity index is 2.60. The molecule has 5 heteroatoms. The lowest BCUT2D eigenvalue weighted by Crippen LogP contribution is -2.53. The van der Waals surface area contributed by atoms with Crippen molar-refractivity contribution in [3.63, 3.8) is 0 Å². The van der Waals surface area contributed by atoms with Crippen molar-refractivity contribution >= 4 is 5.91 Å². The van der Waals surface area contributed by atoms with E-state index in [4.69, 9.17) is 14.9 Å². The molecule has 0 aliphatic carbocycles. The molecule has 5 nitrogen and oxygen atoms in total. The molecule has 1 aromatic carbocycles. The van der Waals surface area contributed by atoms with Crippen LogP contribution in [-0.4, -0.2) is 41.5 Å². The van der Waals surface area contributed by atoms with Gasteiger partial charge >= 0.3 is 0 Å². The average molecular weight is 267 g/mol. The first kappa shape index (κ1) is 15.5. The predicted molar refractivity (Wildman–Crippen MR) is 72.1 cm³/mol. The molecule has 0 unspecified atom stereocenters. The molecular formula is C14H21NO4. The van der Waals surface area contributed by atoms with Gasteiger partial charge in [-0.1, -0.05) is 18.2 Å². The molecule has 19 heavy (non-hydrogen) atoms. The summed E-state index contributed by atoms with van der Waals surface area (Å²) >= 11 is 0. The lowest BCUT2D eigenvalue weighted by molar-refractivity contribution is -0.126. The van der Waals surface area contributed by atoms with Gasteiger partial charge in [0.2, 0.25) is 0 Å². The molecule has 0 aliphatic rings. The number of benzene rings is 1. The van der Waals surface area contributed by atoms with Crippen LogP contribution in [0.4, 0.5) is 0 Å². The number of carbonyl (C=O) groups is 1. The molecule has 0 aromatic heterocycles. The molecule has 0 radical (unpaired) electrons. The Kier molecular flexibility index (Phi) is 5.32. The smallest absolute Gasteiger partial charge is 0.258 e. The van der Waals surface area contributed by atoms with E-state index >= 15 is 0 Å². The average Bonchev–Trinajstić information content (AvgIpc) is 2.38. The van der Waals surface area contributed by atoms with Gasteiger partial charge in [-0.2, -0.15) is 0 Å². The minimum atomic E-state index is -1.03. The van der Waals surface area contributed by atoms with E-state index in [0.29, 0.717) is 5.75 Å². The lowest BCUT2D eigenvalue weighted by atomic mass is 10.1. The summed E-state index contributed by atoms with van der Waals surface area (Å²) in [6.45, 7) is 4.56. The van der Waals surface area contributed by atoms with Crippen LogP contribution in [0.3, 0.4) is 0 Å². The van der Waals surface area contributed by atoms with Gasteiger partial charge in [-0.15, -0.1) is 0 Å². The summed E-state index contributed by atoms with van der Waals surface area (Å²) in [6, 6.07) is 5.74. The fourth-order valence-electron chi connectivity index (χ4n) is 1.67. The van der Waals surface area contributed by atoms with Crippen molar-refractivity contribution in [3.8, 4) is 5.75 Å². The third kappa shape index (κ3) is 4.22. The van der Waals surface area contributed by atoms with Crippen LogP contribution in [0.1, 0.15) is 18.1 Å². The Bertz CT molecular complexity index is 421. The van der Waals surface area contributed by atoms with Crippen molar-refractivity contribution in [2.24, 2.45) is 0 Å². The van der Waals surface area contributed by atoms with Gasteiger partial charge < -0.3 is 20.3 Å². The first-order chi connectivity index (χ1) is 8.91. The minimum absolute atomic E-state index is 0.152. The van der Waals surface area contributed by atoms with Gasteiger partial charge in [0.1, 0.15) is 5.75 Å². The third-order valence-corrected chi connectivity index (χ3v) is 2.90. The molecule has 0 bridgehead atoms. The maximum Gasteiger partial charge on any atom is 0.258 e. The van der Waals surface area contributed by atoms with E-state index in [0.717, 1.165) is 11.1 Å². The zero-order chi connectivity index (χ0) is 14.5. The predicted octanol–water partition coefficient (Wildman–Crippen LogP) is 0.542. The van der Waals surface area contributed by atoms with Crippen LogP contribution in [0.25, 0.3) is 0 Å². The lowest BCUT2D eigenvalue weighted by Gasteiger charge is -2.26. The van der Waals surface area contributed by atoms with Crippen molar-refractivity contribution in [1.29, 1.82) is 0 Å². The molecule has 0 aliphatic heterocycles. The second kappa shape index (κ2) is 6.54. The first-order valence-corrected chi connectivity index (χ1v) is 6.13. The molecule has 0 saturated heterocycles. The van der Waals surface area contributed by atoms with Crippen LogP contribution in [0.2, 0.25) is 0 Å². The molecule has 3 N–H and O–H groups in total. The summed E-state index contributed by atoms with van der Waals surface area (Å²) in [6.07, 6.45) is 0. The van der Waals surface area contributed by atoms with Gasteiger partial charge in [-0.05, 0) is 31.9 Å². The van der Waals surface area contributed by atoms with Gasteiger partial charge in [0, 0.05) is 0 Å². The normalized spacial score (nSPS) is 11.2. The quantitative estimate of drug-likeness (QED) is 0.703. The molecule has 0 fully saturated rings. The summed E-state index contributed by atoms with van der Waals surface area (Å²) < 4.78 is 5.49. The first-order valence-electron chi connectivity index (χ1n) is 6.13. The molecule has 0 saturated carbocycles. The number of ether oxygens (including phenoxy) is 1. The number of aliphatic hydroxyl groups is 2. The zero-order valence-electron chi connectivity index (χ0n) is 11.6.